The first-order chi connectivity index (χ1) is 17.1. The normalized spacial score (nSPS) is 19.2. The van der Waals surface area contributed by atoms with Crippen LogP contribution in [0.5, 0.6) is 5.75 Å². The lowest BCUT2D eigenvalue weighted by molar-refractivity contribution is -0.133. The second-order valence-electron chi connectivity index (χ2n) is 9.43. The molecule has 1 fully saturated rings. The molecule has 2 aliphatic heterocycles. The van der Waals surface area contributed by atoms with Crippen LogP contribution >= 0.6 is 11.8 Å². The van der Waals surface area contributed by atoms with Gasteiger partial charge in [0.25, 0.3) is 0 Å². The van der Waals surface area contributed by atoms with Crippen molar-refractivity contribution in [1.29, 1.82) is 0 Å². The van der Waals surface area contributed by atoms with Gasteiger partial charge in [0.05, 0.1) is 17.8 Å². The number of carbonyl (C=O) groups is 1. The number of aryl methyl sites for hydroxylation is 1. The van der Waals surface area contributed by atoms with Crippen LogP contribution in [0.15, 0.2) is 66.4 Å². The molecule has 1 saturated carbocycles. The van der Waals surface area contributed by atoms with Crippen molar-refractivity contribution < 1.29 is 19.0 Å². The van der Waals surface area contributed by atoms with Crippen LogP contribution in [0.4, 0.5) is 10.1 Å². The summed E-state index contributed by atoms with van der Waals surface area (Å²) in [6, 6.07) is 12.9. The molecule has 0 bridgehead atoms. The monoisotopic (exact) mass is 494 g/mol. The molecule has 1 aliphatic carbocycles. The van der Waals surface area contributed by atoms with E-state index in [0.29, 0.717) is 12.1 Å². The fourth-order valence-corrected chi connectivity index (χ4v) is 5.88. The minimum Gasteiger partial charge on any atom is -0.490 e. The number of thioether (sulfide) groups is 1. The van der Waals surface area contributed by atoms with Gasteiger partial charge in [-0.05, 0) is 84.9 Å². The third kappa shape index (κ3) is 6.01. The molecule has 2 heterocycles. The number of rotatable bonds is 10. The Kier molecular flexibility index (Phi) is 7.32. The Morgan fingerprint density at radius 1 is 1.14 bits per heavy atom. The van der Waals surface area contributed by atoms with Crippen molar-refractivity contribution >= 4 is 23.4 Å². The van der Waals surface area contributed by atoms with Crippen molar-refractivity contribution in [3.05, 3.63) is 83.3 Å². The summed E-state index contributed by atoms with van der Waals surface area (Å²) in [5, 5.41) is 9.57. The number of aliphatic carboxylic acids is 1. The van der Waals surface area contributed by atoms with Gasteiger partial charge in [-0.15, -0.1) is 11.8 Å². The molecule has 0 spiro atoms. The number of benzene rings is 2. The predicted molar refractivity (Wildman–Crippen MR) is 138 cm³/mol. The number of nitrogens with zero attached hydrogens (tertiary/aromatic N) is 2. The number of hydrogen-bond acceptors (Lipinski definition) is 5. The third-order valence-corrected chi connectivity index (χ3v) is 8.05. The van der Waals surface area contributed by atoms with E-state index in [2.05, 4.69) is 28.0 Å². The van der Waals surface area contributed by atoms with Crippen molar-refractivity contribution in [3.63, 3.8) is 0 Å². The van der Waals surface area contributed by atoms with Gasteiger partial charge in [-0.1, -0.05) is 18.2 Å². The Hall–Kier alpha value is -2.93. The zero-order valence-electron chi connectivity index (χ0n) is 19.7. The molecule has 2 aromatic carbocycles. The molecule has 5 nitrogen and oxygen atoms in total. The van der Waals surface area contributed by atoms with Gasteiger partial charge in [-0.25, -0.2) is 9.18 Å². The van der Waals surface area contributed by atoms with Gasteiger partial charge in [-0.3, -0.25) is 0 Å². The summed E-state index contributed by atoms with van der Waals surface area (Å²) in [6.45, 7) is 3.34. The molecule has 35 heavy (non-hydrogen) atoms. The Morgan fingerprint density at radius 2 is 1.94 bits per heavy atom. The van der Waals surface area contributed by atoms with Crippen molar-refractivity contribution in [2.45, 2.75) is 37.6 Å². The lowest BCUT2D eigenvalue weighted by Crippen LogP contribution is -2.35. The van der Waals surface area contributed by atoms with Gasteiger partial charge >= 0.3 is 5.97 Å². The molecule has 0 saturated heterocycles. The van der Waals surface area contributed by atoms with Crippen LogP contribution in [-0.2, 0) is 17.8 Å². The third-order valence-electron chi connectivity index (χ3n) is 6.69. The summed E-state index contributed by atoms with van der Waals surface area (Å²) in [5.74, 6) is 1.43. The molecule has 0 radical (unpaired) electrons. The van der Waals surface area contributed by atoms with Crippen molar-refractivity contribution in [1.82, 2.24) is 4.90 Å². The molecule has 184 valence electrons. The van der Waals surface area contributed by atoms with E-state index in [1.807, 2.05) is 24.4 Å². The Labute approximate surface area is 210 Å². The summed E-state index contributed by atoms with van der Waals surface area (Å²) in [6.07, 6.45) is 9.87. The van der Waals surface area contributed by atoms with Crippen LogP contribution in [0.25, 0.3) is 0 Å². The quantitative estimate of drug-likeness (QED) is 0.442. The lowest BCUT2D eigenvalue weighted by atomic mass is 10.1. The standard InChI is InChI=1S/C28H31FN2O3S/c29-23-10-7-20(8-11-23)3-2-16-35-27-24(28(32)33)4-1-13-31(27)19-22-9-12-26-25(17-22)30(14-15-34-26)18-21-5-6-21/h1,4,7-13,17,21,27H,2-3,5-6,14-16,18-19H2,(H,32,33). The van der Waals surface area contributed by atoms with E-state index < -0.39 is 5.97 Å². The lowest BCUT2D eigenvalue weighted by Gasteiger charge is -2.34. The highest BCUT2D eigenvalue weighted by atomic mass is 32.2. The van der Waals surface area contributed by atoms with Crippen LogP contribution in [0.1, 0.15) is 30.4 Å². The van der Waals surface area contributed by atoms with Gasteiger partial charge < -0.3 is 19.6 Å². The van der Waals surface area contributed by atoms with E-state index in [0.717, 1.165) is 66.8 Å². The van der Waals surface area contributed by atoms with Crippen molar-refractivity contribution in [2.24, 2.45) is 5.92 Å². The maximum atomic E-state index is 13.1. The van der Waals surface area contributed by atoms with E-state index >= 15 is 0 Å². The van der Waals surface area contributed by atoms with E-state index in [9.17, 15) is 14.3 Å². The van der Waals surface area contributed by atoms with Crippen LogP contribution in [0.2, 0.25) is 0 Å². The number of carboxylic acids is 1. The molecule has 0 amide bonds. The van der Waals surface area contributed by atoms with Crippen LogP contribution in [0, 0.1) is 11.7 Å². The van der Waals surface area contributed by atoms with Crippen molar-refractivity contribution in [2.75, 3.05) is 30.3 Å². The zero-order chi connectivity index (χ0) is 24.2. The number of hydrogen-bond donors (Lipinski definition) is 1. The SMILES string of the molecule is O=C(O)C1=CC=CN(Cc2ccc3c(c2)N(CC2CC2)CCO3)C1SCCCc1ccc(F)cc1. The van der Waals surface area contributed by atoms with Crippen LogP contribution in [0.3, 0.4) is 0 Å². The highest BCUT2D eigenvalue weighted by molar-refractivity contribution is 8.00. The summed E-state index contributed by atoms with van der Waals surface area (Å²) in [7, 11) is 0. The zero-order valence-corrected chi connectivity index (χ0v) is 20.6. The number of allylic oxidation sites excluding steroid dienone is 2. The van der Waals surface area contributed by atoms with Crippen LogP contribution in [-0.4, -0.2) is 46.8 Å². The highest BCUT2D eigenvalue weighted by Gasteiger charge is 2.29. The fraction of sp³-hybridized carbons (Fsp3) is 0.393. The first-order valence-corrected chi connectivity index (χ1v) is 13.4. The topological polar surface area (TPSA) is 53.0 Å². The van der Waals surface area contributed by atoms with E-state index in [4.69, 9.17) is 4.74 Å². The average molecular weight is 495 g/mol. The first-order valence-electron chi connectivity index (χ1n) is 12.3. The Balaban J connectivity index is 1.25. The molecule has 5 rings (SSSR count). The molecule has 1 N–H and O–H groups in total. The molecule has 0 aromatic heterocycles. The van der Waals surface area contributed by atoms with Crippen LogP contribution < -0.4 is 9.64 Å². The minimum atomic E-state index is -0.884. The van der Waals surface area contributed by atoms with Crippen molar-refractivity contribution in [3.8, 4) is 5.75 Å². The number of carboxylic acid groups (broad SMARTS) is 1. The fourth-order valence-electron chi connectivity index (χ4n) is 4.65. The second kappa shape index (κ2) is 10.8. The molecule has 2 aromatic rings. The van der Waals surface area contributed by atoms with Gasteiger partial charge in [0.2, 0.25) is 0 Å². The van der Waals surface area contributed by atoms with Gasteiger partial charge in [0, 0.05) is 19.3 Å². The number of ether oxygens (including phenoxy) is 1. The van der Waals surface area contributed by atoms with E-state index in [1.54, 1.807) is 17.8 Å². The molecule has 1 unspecified atom stereocenters. The average Bonchev–Trinajstić information content (AvgIpc) is 3.68. The summed E-state index contributed by atoms with van der Waals surface area (Å²) >= 11 is 1.65. The first kappa shape index (κ1) is 23.8. The molecular formula is C28H31FN2O3S. The molecule has 7 heteroatoms. The maximum Gasteiger partial charge on any atom is 0.334 e. The predicted octanol–water partition coefficient (Wildman–Crippen LogP) is 5.47. The van der Waals surface area contributed by atoms with Gasteiger partial charge in [-0.2, -0.15) is 0 Å². The summed E-state index contributed by atoms with van der Waals surface area (Å²) in [4.78, 5) is 16.5. The number of anilines is 1. The van der Waals surface area contributed by atoms with Gasteiger partial charge in [0.1, 0.15) is 23.5 Å². The molecule has 1 atom stereocenters. The second-order valence-corrected chi connectivity index (χ2v) is 10.6. The van der Waals surface area contributed by atoms with E-state index in [1.165, 1.54) is 25.0 Å². The Morgan fingerprint density at radius 3 is 2.71 bits per heavy atom. The Bertz CT molecular complexity index is 1110. The molecular weight excluding hydrogens is 463 g/mol. The van der Waals surface area contributed by atoms with Gasteiger partial charge in [0.15, 0.2) is 0 Å². The number of halogens is 1. The molecule has 3 aliphatic rings. The largest absolute Gasteiger partial charge is 0.490 e. The summed E-state index contributed by atoms with van der Waals surface area (Å²) in [5.41, 5.74) is 3.78. The number of fused-ring (bicyclic) bond motifs is 1. The smallest absolute Gasteiger partial charge is 0.334 e. The minimum absolute atomic E-state index is 0.228. The summed E-state index contributed by atoms with van der Waals surface area (Å²) < 4.78 is 19.0. The van der Waals surface area contributed by atoms with E-state index in [-0.39, 0.29) is 11.2 Å². The maximum absolute atomic E-state index is 13.1. The highest BCUT2D eigenvalue weighted by Crippen LogP contribution is 2.38.